The fourth-order valence-corrected chi connectivity index (χ4v) is 2.91. The van der Waals surface area contributed by atoms with Crippen LogP contribution < -0.4 is 4.74 Å². The van der Waals surface area contributed by atoms with Crippen LogP contribution in [0.15, 0.2) is 22.9 Å². The van der Waals surface area contributed by atoms with Crippen molar-refractivity contribution in [2.75, 3.05) is 20.2 Å². The number of hydrogen-bond donors (Lipinski definition) is 0. The van der Waals surface area contributed by atoms with E-state index in [1.54, 1.807) is 19.4 Å². The van der Waals surface area contributed by atoms with Gasteiger partial charge in [-0.1, -0.05) is 19.0 Å². The van der Waals surface area contributed by atoms with Crippen LogP contribution in [0.1, 0.15) is 38.6 Å². The third-order valence-corrected chi connectivity index (χ3v) is 3.89. The molecule has 1 atom stereocenters. The molecule has 0 saturated carbocycles. The van der Waals surface area contributed by atoms with Crippen LogP contribution in [0.4, 0.5) is 0 Å². The van der Waals surface area contributed by atoms with Gasteiger partial charge in [-0.3, -0.25) is 4.90 Å². The monoisotopic (exact) mass is 302 g/mol. The number of aromatic nitrogens is 3. The zero-order valence-corrected chi connectivity index (χ0v) is 13.3. The molecular weight excluding hydrogens is 280 g/mol. The lowest BCUT2D eigenvalue weighted by Crippen LogP contribution is -2.27. The Hall–Kier alpha value is -1.95. The molecule has 0 spiro atoms. The molecule has 1 aliphatic heterocycles. The summed E-state index contributed by atoms with van der Waals surface area (Å²) in [5.41, 5.74) is 0.837. The molecule has 1 saturated heterocycles. The molecule has 3 rings (SSSR count). The Morgan fingerprint density at radius 3 is 2.95 bits per heavy atom. The molecule has 6 nitrogen and oxygen atoms in total. The van der Waals surface area contributed by atoms with E-state index in [1.807, 2.05) is 6.07 Å². The van der Waals surface area contributed by atoms with Crippen LogP contribution in [-0.2, 0) is 0 Å². The molecule has 0 N–H and O–H groups in total. The Labute approximate surface area is 130 Å². The molecule has 1 fully saturated rings. The van der Waals surface area contributed by atoms with Crippen molar-refractivity contribution in [3.8, 4) is 17.3 Å². The van der Waals surface area contributed by atoms with Gasteiger partial charge in [-0.05, 0) is 31.4 Å². The number of likely N-dealkylation sites (tertiary alicyclic amines) is 1. The number of rotatable bonds is 5. The zero-order chi connectivity index (χ0) is 15.5. The van der Waals surface area contributed by atoms with E-state index in [1.165, 1.54) is 6.42 Å². The summed E-state index contributed by atoms with van der Waals surface area (Å²) in [5, 5.41) is 4.11. The highest BCUT2D eigenvalue weighted by atomic mass is 16.5. The Bertz CT molecular complexity index is 609. The molecule has 1 aliphatic rings. The second kappa shape index (κ2) is 6.44. The van der Waals surface area contributed by atoms with E-state index in [0.717, 1.165) is 25.1 Å². The molecule has 0 bridgehead atoms. The minimum atomic E-state index is 0.245. The maximum absolute atomic E-state index is 5.51. The maximum atomic E-state index is 5.51. The molecule has 22 heavy (non-hydrogen) atoms. The quantitative estimate of drug-likeness (QED) is 0.846. The molecule has 0 radical (unpaired) electrons. The van der Waals surface area contributed by atoms with Gasteiger partial charge in [0, 0.05) is 24.4 Å². The number of ether oxygens (including phenoxy) is 1. The molecule has 1 unspecified atom stereocenters. The van der Waals surface area contributed by atoms with Gasteiger partial charge >= 0.3 is 0 Å². The van der Waals surface area contributed by atoms with Crippen LogP contribution >= 0.6 is 0 Å². The summed E-state index contributed by atoms with van der Waals surface area (Å²) < 4.78 is 10.6. The van der Waals surface area contributed by atoms with Crippen LogP contribution in [0.2, 0.25) is 0 Å². The summed E-state index contributed by atoms with van der Waals surface area (Å²) in [5.74, 6) is 2.51. The van der Waals surface area contributed by atoms with Gasteiger partial charge in [0.25, 0.3) is 0 Å². The lowest BCUT2D eigenvalue weighted by molar-refractivity contribution is 0.189. The van der Waals surface area contributed by atoms with Gasteiger partial charge < -0.3 is 9.26 Å². The average Bonchev–Trinajstić information content (AvgIpc) is 3.15. The molecule has 2 aromatic heterocycles. The number of nitrogens with zero attached hydrogens (tertiary/aromatic N) is 4. The van der Waals surface area contributed by atoms with Gasteiger partial charge in [0.05, 0.1) is 13.2 Å². The predicted octanol–water partition coefficient (Wildman–Crippen LogP) is 2.93. The molecule has 0 aromatic carbocycles. The minimum absolute atomic E-state index is 0.245. The van der Waals surface area contributed by atoms with E-state index in [4.69, 9.17) is 9.26 Å². The third-order valence-electron chi connectivity index (χ3n) is 3.89. The van der Waals surface area contributed by atoms with Crippen molar-refractivity contribution < 1.29 is 9.26 Å². The molecule has 2 aromatic rings. The van der Waals surface area contributed by atoms with Crippen LogP contribution in [0.25, 0.3) is 11.4 Å². The lowest BCUT2D eigenvalue weighted by Gasteiger charge is -2.23. The predicted molar refractivity (Wildman–Crippen MR) is 82.5 cm³/mol. The zero-order valence-electron chi connectivity index (χ0n) is 13.3. The van der Waals surface area contributed by atoms with Crippen molar-refractivity contribution in [3.63, 3.8) is 0 Å². The van der Waals surface area contributed by atoms with E-state index in [9.17, 15) is 0 Å². The molecule has 118 valence electrons. The Morgan fingerprint density at radius 1 is 1.41 bits per heavy atom. The van der Waals surface area contributed by atoms with Gasteiger partial charge in [0.2, 0.25) is 17.6 Å². The van der Waals surface area contributed by atoms with E-state index in [2.05, 4.69) is 33.9 Å². The van der Waals surface area contributed by atoms with E-state index in [-0.39, 0.29) is 6.04 Å². The lowest BCUT2D eigenvalue weighted by atomic mass is 10.1. The van der Waals surface area contributed by atoms with Crippen molar-refractivity contribution >= 4 is 0 Å². The normalized spacial score (nSPS) is 19.0. The molecule has 0 amide bonds. The Kier molecular flexibility index (Phi) is 4.38. The fourth-order valence-electron chi connectivity index (χ4n) is 2.91. The SMILES string of the molecule is COc1ccc(-c2noc(C3CCCN3CC(C)C)n2)cn1. The molecule has 0 aliphatic carbocycles. The molecule has 6 heteroatoms. The van der Waals surface area contributed by atoms with Gasteiger partial charge in [-0.2, -0.15) is 4.98 Å². The first-order chi connectivity index (χ1) is 10.7. The standard InChI is InChI=1S/C16H22N4O2/c1-11(2)10-20-8-4-5-13(20)16-18-15(19-22-16)12-6-7-14(21-3)17-9-12/h6-7,9,11,13H,4-5,8,10H2,1-3H3. The van der Waals surface area contributed by atoms with Crippen molar-refractivity contribution in [2.45, 2.75) is 32.7 Å². The van der Waals surface area contributed by atoms with Crippen LogP contribution in [-0.4, -0.2) is 40.2 Å². The number of hydrogen-bond acceptors (Lipinski definition) is 6. The first kappa shape index (κ1) is 15.0. The van der Waals surface area contributed by atoms with E-state index >= 15 is 0 Å². The first-order valence-electron chi connectivity index (χ1n) is 7.75. The highest BCUT2D eigenvalue weighted by molar-refractivity contribution is 5.53. The smallest absolute Gasteiger partial charge is 0.244 e. The van der Waals surface area contributed by atoms with E-state index < -0.39 is 0 Å². The fraction of sp³-hybridized carbons (Fsp3) is 0.562. The third kappa shape index (κ3) is 3.11. The summed E-state index contributed by atoms with van der Waals surface area (Å²) in [6.07, 6.45) is 3.96. The largest absolute Gasteiger partial charge is 0.481 e. The van der Waals surface area contributed by atoms with Crippen LogP contribution in [0.5, 0.6) is 5.88 Å². The van der Waals surface area contributed by atoms with Gasteiger partial charge in [-0.25, -0.2) is 4.98 Å². The second-order valence-corrected chi connectivity index (χ2v) is 6.09. The summed E-state index contributed by atoms with van der Waals surface area (Å²) in [6, 6.07) is 3.93. The highest BCUT2D eigenvalue weighted by Crippen LogP contribution is 2.32. The van der Waals surface area contributed by atoms with Gasteiger partial charge in [0.1, 0.15) is 0 Å². The molecule has 3 heterocycles. The van der Waals surface area contributed by atoms with Crippen molar-refractivity contribution in [2.24, 2.45) is 5.92 Å². The van der Waals surface area contributed by atoms with Crippen molar-refractivity contribution in [1.29, 1.82) is 0 Å². The summed E-state index contributed by atoms with van der Waals surface area (Å²) >= 11 is 0. The maximum Gasteiger partial charge on any atom is 0.244 e. The number of pyridine rings is 1. The van der Waals surface area contributed by atoms with Crippen molar-refractivity contribution in [1.82, 2.24) is 20.0 Å². The Balaban J connectivity index is 1.77. The second-order valence-electron chi connectivity index (χ2n) is 6.09. The van der Waals surface area contributed by atoms with E-state index in [0.29, 0.717) is 23.5 Å². The average molecular weight is 302 g/mol. The first-order valence-corrected chi connectivity index (χ1v) is 7.75. The van der Waals surface area contributed by atoms with Crippen LogP contribution in [0.3, 0.4) is 0 Å². The van der Waals surface area contributed by atoms with Crippen molar-refractivity contribution in [3.05, 3.63) is 24.2 Å². The summed E-state index contributed by atoms with van der Waals surface area (Å²) in [7, 11) is 1.60. The summed E-state index contributed by atoms with van der Waals surface area (Å²) in [4.78, 5) is 11.2. The Morgan fingerprint density at radius 2 is 2.27 bits per heavy atom. The van der Waals surface area contributed by atoms with Crippen LogP contribution in [0, 0.1) is 5.92 Å². The summed E-state index contributed by atoms with van der Waals surface area (Å²) in [6.45, 7) is 6.63. The highest BCUT2D eigenvalue weighted by Gasteiger charge is 2.31. The molecular formula is C16H22N4O2. The van der Waals surface area contributed by atoms with Gasteiger partial charge in [-0.15, -0.1) is 0 Å². The van der Waals surface area contributed by atoms with Gasteiger partial charge in [0.15, 0.2) is 0 Å². The minimum Gasteiger partial charge on any atom is -0.481 e. The topological polar surface area (TPSA) is 64.3 Å². The number of methoxy groups -OCH3 is 1.